The molecule has 39 heavy (non-hydrogen) atoms. The molecule has 0 saturated carbocycles. The van der Waals surface area contributed by atoms with Crippen molar-refractivity contribution in [2.45, 2.75) is 23.1 Å². The molecule has 200 valence electrons. The van der Waals surface area contributed by atoms with Gasteiger partial charge in [0.1, 0.15) is 23.7 Å². The van der Waals surface area contributed by atoms with Crippen LogP contribution in [0.5, 0.6) is 5.75 Å². The quantitative estimate of drug-likeness (QED) is 0.216. The predicted octanol–water partition coefficient (Wildman–Crippen LogP) is 4.65. The highest BCUT2D eigenvalue weighted by Crippen LogP contribution is 2.45. The SMILES string of the molecule is O=C1[C@H](OC[C@H](O)c2ccc(F)cc2)[C@@H](c2ccc(-c3ccc(S(=O)(=O)O)cc3)cc2O)N1c1ccccc1. The number of para-hydroxylation sites is 1. The minimum Gasteiger partial charge on any atom is -0.508 e. The highest BCUT2D eigenvalue weighted by molar-refractivity contribution is 7.85. The van der Waals surface area contributed by atoms with Crippen LogP contribution in [0.1, 0.15) is 23.3 Å². The van der Waals surface area contributed by atoms with Gasteiger partial charge in [-0.3, -0.25) is 14.2 Å². The second-order valence-electron chi connectivity index (χ2n) is 9.08. The largest absolute Gasteiger partial charge is 0.508 e. The third-order valence-electron chi connectivity index (χ3n) is 6.60. The summed E-state index contributed by atoms with van der Waals surface area (Å²) >= 11 is 0. The molecule has 4 aromatic rings. The first-order valence-corrected chi connectivity index (χ1v) is 13.4. The Kier molecular flexibility index (Phi) is 7.19. The van der Waals surface area contributed by atoms with Crippen molar-refractivity contribution in [1.29, 1.82) is 0 Å². The molecule has 1 saturated heterocycles. The van der Waals surface area contributed by atoms with E-state index in [1.807, 2.05) is 6.07 Å². The van der Waals surface area contributed by atoms with Crippen molar-refractivity contribution in [2.75, 3.05) is 11.5 Å². The number of amides is 1. The zero-order valence-corrected chi connectivity index (χ0v) is 21.2. The van der Waals surface area contributed by atoms with E-state index in [1.165, 1.54) is 59.5 Å². The molecular weight excluding hydrogens is 525 g/mol. The van der Waals surface area contributed by atoms with Crippen LogP contribution in [-0.4, -0.2) is 41.8 Å². The summed E-state index contributed by atoms with van der Waals surface area (Å²) in [5.41, 5.74) is 2.64. The molecular formula is C29H24FNO7S. The summed E-state index contributed by atoms with van der Waals surface area (Å²) in [6, 6.07) is 23.9. The van der Waals surface area contributed by atoms with Crippen LogP contribution in [0.3, 0.4) is 0 Å². The molecule has 0 radical (unpaired) electrons. The summed E-state index contributed by atoms with van der Waals surface area (Å²) < 4.78 is 50.9. The first-order chi connectivity index (χ1) is 18.6. The molecule has 1 aliphatic heterocycles. The van der Waals surface area contributed by atoms with Crippen LogP contribution in [0.4, 0.5) is 10.1 Å². The topological polar surface area (TPSA) is 124 Å². The molecule has 0 spiro atoms. The number of carbonyl (C=O) groups is 1. The maximum absolute atomic E-state index is 13.2. The van der Waals surface area contributed by atoms with E-state index in [0.717, 1.165) is 0 Å². The van der Waals surface area contributed by atoms with Gasteiger partial charge in [0, 0.05) is 11.3 Å². The highest BCUT2D eigenvalue weighted by Gasteiger charge is 2.51. The first kappa shape index (κ1) is 26.5. The number of rotatable bonds is 8. The van der Waals surface area contributed by atoms with Gasteiger partial charge in [-0.1, -0.05) is 54.6 Å². The Hall–Kier alpha value is -4.09. The van der Waals surface area contributed by atoms with E-state index in [0.29, 0.717) is 27.9 Å². The molecule has 3 atom stereocenters. The van der Waals surface area contributed by atoms with E-state index in [-0.39, 0.29) is 23.2 Å². The number of carbonyl (C=O) groups excluding carboxylic acids is 1. The minimum absolute atomic E-state index is 0.113. The molecule has 4 aromatic carbocycles. The molecule has 1 fully saturated rings. The number of nitrogens with zero attached hydrogens (tertiary/aromatic N) is 1. The fourth-order valence-electron chi connectivity index (χ4n) is 4.57. The average Bonchev–Trinajstić information content (AvgIpc) is 2.92. The van der Waals surface area contributed by atoms with Crippen LogP contribution in [0.2, 0.25) is 0 Å². The van der Waals surface area contributed by atoms with Crippen LogP contribution < -0.4 is 4.90 Å². The number of halogens is 1. The number of phenolic OH excluding ortho intramolecular Hbond substituents is 1. The summed E-state index contributed by atoms with van der Waals surface area (Å²) in [5, 5.41) is 21.5. The van der Waals surface area contributed by atoms with Gasteiger partial charge in [-0.15, -0.1) is 0 Å². The second-order valence-corrected chi connectivity index (χ2v) is 10.5. The predicted molar refractivity (Wildman–Crippen MR) is 141 cm³/mol. The molecule has 0 aliphatic carbocycles. The van der Waals surface area contributed by atoms with Crippen LogP contribution in [0.15, 0.2) is 102 Å². The summed E-state index contributed by atoms with van der Waals surface area (Å²) in [4.78, 5) is 14.4. The van der Waals surface area contributed by atoms with E-state index in [9.17, 15) is 32.4 Å². The molecule has 1 aliphatic rings. The number of hydrogen-bond donors (Lipinski definition) is 3. The molecule has 3 N–H and O–H groups in total. The monoisotopic (exact) mass is 549 g/mol. The fraction of sp³-hybridized carbons (Fsp3) is 0.138. The molecule has 10 heteroatoms. The van der Waals surface area contributed by atoms with Gasteiger partial charge < -0.3 is 14.9 Å². The van der Waals surface area contributed by atoms with Gasteiger partial charge in [-0.05, 0) is 59.2 Å². The maximum Gasteiger partial charge on any atom is 0.294 e. The number of aliphatic hydroxyl groups excluding tert-OH is 1. The molecule has 0 aromatic heterocycles. The number of aliphatic hydroxyl groups is 1. The van der Waals surface area contributed by atoms with Crippen LogP contribution in [-0.2, 0) is 19.6 Å². The molecule has 8 nitrogen and oxygen atoms in total. The number of β-lactam (4-membered cyclic amide) rings is 1. The number of phenols is 1. The lowest BCUT2D eigenvalue weighted by Gasteiger charge is -2.47. The van der Waals surface area contributed by atoms with Gasteiger partial charge in [0.05, 0.1) is 11.5 Å². The van der Waals surface area contributed by atoms with Gasteiger partial charge in [-0.25, -0.2) is 4.39 Å². The molecule has 1 amide bonds. The standard InChI is InChI=1S/C29H24FNO7S/c30-21-11-6-19(7-12-21)26(33)17-38-28-27(31(29(28)34)22-4-2-1-3-5-22)24-15-10-20(16-25(24)32)18-8-13-23(14-9-18)39(35,36)37/h1-16,26-28,32-33H,17H2,(H,35,36,37)/t26-,27+,28+/m0/s1. The minimum atomic E-state index is -4.33. The third-order valence-corrected chi connectivity index (χ3v) is 7.47. The zero-order valence-electron chi connectivity index (χ0n) is 20.4. The van der Waals surface area contributed by atoms with Gasteiger partial charge in [0.2, 0.25) is 0 Å². The van der Waals surface area contributed by atoms with Crippen molar-refractivity contribution >= 4 is 21.7 Å². The maximum atomic E-state index is 13.2. The number of ether oxygens (including phenoxy) is 1. The lowest BCUT2D eigenvalue weighted by molar-refractivity contribution is -0.145. The van der Waals surface area contributed by atoms with Crippen molar-refractivity contribution < 1.29 is 37.1 Å². The van der Waals surface area contributed by atoms with E-state index in [1.54, 1.807) is 36.4 Å². The second kappa shape index (κ2) is 10.6. The van der Waals surface area contributed by atoms with Gasteiger partial charge >= 0.3 is 0 Å². The Labute approximate surface area is 224 Å². The molecule has 0 bridgehead atoms. The molecule has 0 unspecified atom stereocenters. The highest BCUT2D eigenvalue weighted by atomic mass is 32.2. The van der Waals surface area contributed by atoms with E-state index < -0.39 is 34.2 Å². The van der Waals surface area contributed by atoms with Crippen LogP contribution >= 0.6 is 0 Å². The Balaban J connectivity index is 1.42. The number of anilines is 1. The van der Waals surface area contributed by atoms with Crippen LogP contribution in [0.25, 0.3) is 11.1 Å². The summed E-state index contributed by atoms with van der Waals surface area (Å²) in [5.74, 6) is -0.896. The zero-order chi connectivity index (χ0) is 27.7. The van der Waals surface area contributed by atoms with Gasteiger partial charge in [0.25, 0.3) is 16.0 Å². The average molecular weight is 550 g/mol. The summed E-state index contributed by atoms with van der Waals surface area (Å²) in [6.45, 7) is -0.222. The number of benzene rings is 4. The Bertz CT molecular complexity index is 1590. The molecule has 5 rings (SSSR count). The normalized spacial score (nSPS) is 18.0. The van der Waals surface area contributed by atoms with Crippen molar-refractivity contribution in [2.24, 2.45) is 0 Å². The number of aromatic hydroxyl groups is 1. The van der Waals surface area contributed by atoms with Crippen LogP contribution in [0, 0.1) is 5.82 Å². The Morgan fingerprint density at radius 1 is 0.897 bits per heavy atom. The first-order valence-electron chi connectivity index (χ1n) is 12.0. The van der Waals surface area contributed by atoms with Crippen molar-refractivity contribution in [1.82, 2.24) is 0 Å². The Morgan fingerprint density at radius 3 is 2.15 bits per heavy atom. The van der Waals surface area contributed by atoms with Gasteiger partial charge in [0.15, 0.2) is 6.10 Å². The summed E-state index contributed by atoms with van der Waals surface area (Å²) in [7, 11) is -4.33. The molecule has 1 heterocycles. The van der Waals surface area contributed by atoms with E-state index >= 15 is 0 Å². The fourth-order valence-corrected chi connectivity index (χ4v) is 5.05. The third kappa shape index (κ3) is 5.41. The lowest BCUT2D eigenvalue weighted by Crippen LogP contribution is -2.60. The number of hydrogen-bond acceptors (Lipinski definition) is 6. The summed E-state index contributed by atoms with van der Waals surface area (Å²) in [6.07, 6.45) is -2.09. The lowest BCUT2D eigenvalue weighted by atomic mass is 9.88. The van der Waals surface area contributed by atoms with Crippen molar-refractivity contribution in [3.8, 4) is 16.9 Å². The van der Waals surface area contributed by atoms with E-state index in [2.05, 4.69) is 0 Å². The van der Waals surface area contributed by atoms with Crippen molar-refractivity contribution in [3.05, 3.63) is 114 Å². The Morgan fingerprint density at radius 2 is 1.54 bits per heavy atom. The van der Waals surface area contributed by atoms with Crippen molar-refractivity contribution in [3.63, 3.8) is 0 Å². The van der Waals surface area contributed by atoms with Gasteiger partial charge in [-0.2, -0.15) is 8.42 Å². The smallest absolute Gasteiger partial charge is 0.294 e. The van der Waals surface area contributed by atoms with E-state index in [4.69, 9.17) is 4.74 Å².